The van der Waals surface area contributed by atoms with Gasteiger partial charge >= 0.3 is 0 Å². The molecule has 0 aliphatic carbocycles. The third-order valence-electron chi connectivity index (χ3n) is 3.88. The molecule has 0 saturated carbocycles. The maximum atomic E-state index is 10.7. The summed E-state index contributed by atoms with van der Waals surface area (Å²) in [5.74, 6) is 0. The predicted octanol–water partition coefficient (Wildman–Crippen LogP) is 3.28. The zero-order chi connectivity index (χ0) is 14.0. The van der Waals surface area contributed by atoms with Crippen LogP contribution in [0.2, 0.25) is 5.02 Å². The topological polar surface area (TPSA) is 36.4 Å². The number of hydrogen-bond donors (Lipinski definition) is 1. The van der Waals surface area contributed by atoms with E-state index >= 15 is 0 Å². The summed E-state index contributed by atoms with van der Waals surface area (Å²) in [7, 11) is 0. The molecule has 5 heteroatoms. The van der Waals surface area contributed by atoms with Gasteiger partial charge < -0.3 is 5.11 Å². The van der Waals surface area contributed by atoms with E-state index in [-0.39, 0.29) is 0 Å². The maximum absolute atomic E-state index is 10.7. The van der Waals surface area contributed by atoms with Crippen molar-refractivity contribution in [3.63, 3.8) is 0 Å². The highest BCUT2D eigenvalue weighted by atomic mass is 35.5. The van der Waals surface area contributed by atoms with Gasteiger partial charge in [0.05, 0.1) is 10.7 Å². The van der Waals surface area contributed by atoms with Gasteiger partial charge in [0.2, 0.25) is 0 Å². The highest BCUT2D eigenvalue weighted by Crippen LogP contribution is 2.33. The Bertz CT molecular complexity index is 564. The van der Waals surface area contributed by atoms with Crippen LogP contribution in [0.1, 0.15) is 23.4 Å². The number of aromatic nitrogens is 1. The second-order valence-corrected chi connectivity index (χ2v) is 6.62. The number of halogens is 1. The van der Waals surface area contributed by atoms with E-state index in [1.165, 1.54) is 4.88 Å². The van der Waals surface area contributed by atoms with Crippen molar-refractivity contribution in [2.75, 3.05) is 13.1 Å². The van der Waals surface area contributed by atoms with Crippen molar-refractivity contribution in [3.05, 3.63) is 51.4 Å². The third-order valence-corrected chi connectivity index (χ3v) is 5.26. The van der Waals surface area contributed by atoms with Crippen LogP contribution in [0, 0.1) is 0 Å². The highest BCUT2D eigenvalue weighted by molar-refractivity contribution is 7.10. The number of pyridine rings is 1. The Labute approximate surface area is 127 Å². The van der Waals surface area contributed by atoms with Crippen molar-refractivity contribution in [1.82, 2.24) is 9.88 Å². The molecule has 1 aliphatic rings. The lowest BCUT2D eigenvalue weighted by Gasteiger charge is -2.37. The van der Waals surface area contributed by atoms with Gasteiger partial charge in [-0.2, -0.15) is 0 Å². The van der Waals surface area contributed by atoms with Crippen LogP contribution in [0.3, 0.4) is 0 Å². The van der Waals surface area contributed by atoms with Gasteiger partial charge in [-0.25, -0.2) is 0 Å². The van der Waals surface area contributed by atoms with Gasteiger partial charge in [-0.1, -0.05) is 17.7 Å². The van der Waals surface area contributed by atoms with Crippen LogP contribution in [0.4, 0.5) is 0 Å². The molecule has 3 nitrogen and oxygen atoms in total. The van der Waals surface area contributed by atoms with E-state index < -0.39 is 5.60 Å². The SMILES string of the molecule is OC1(c2ccccn2)CCN(Cc2sccc2Cl)CC1. The number of nitrogens with zero attached hydrogens (tertiary/aromatic N) is 2. The smallest absolute Gasteiger partial charge is 0.109 e. The fourth-order valence-electron chi connectivity index (χ4n) is 2.62. The third kappa shape index (κ3) is 2.88. The summed E-state index contributed by atoms with van der Waals surface area (Å²) in [6.45, 7) is 2.59. The normalized spacial score (nSPS) is 19.1. The molecule has 106 valence electrons. The summed E-state index contributed by atoms with van der Waals surface area (Å²) in [4.78, 5) is 7.85. The number of aliphatic hydroxyl groups is 1. The molecule has 2 aromatic rings. The van der Waals surface area contributed by atoms with E-state index in [2.05, 4.69) is 9.88 Å². The molecule has 0 radical (unpaired) electrons. The molecule has 1 fully saturated rings. The van der Waals surface area contributed by atoms with Gasteiger partial charge in [-0.3, -0.25) is 9.88 Å². The van der Waals surface area contributed by atoms with Gasteiger partial charge in [0.25, 0.3) is 0 Å². The summed E-state index contributed by atoms with van der Waals surface area (Å²) in [5, 5.41) is 13.6. The second kappa shape index (κ2) is 5.82. The minimum atomic E-state index is -0.781. The lowest BCUT2D eigenvalue weighted by Crippen LogP contribution is -2.42. The Hall–Kier alpha value is -0.940. The molecule has 0 unspecified atom stereocenters. The van der Waals surface area contributed by atoms with Crippen molar-refractivity contribution in [2.45, 2.75) is 25.0 Å². The molecule has 0 atom stereocenters. The van der Waals surface area contributed by atoms with Gasteiger partial charge in [0.15, 0.2) is 0 Å². The Kier molecular flexibility index (Phi) is 4.08. The van der Waals surface area contributed by atoms with E-state index in [0.717, 1.165) is 30.4 Å². The van der Waals surface area contributed by atoms with Crippen LogP contribution >= 0.6 is 22.9 Å². The first-order valence-corrected chi connectivity index (χ1v) is 8.01. The van der Waals surface area contributed by atoms with Crippen molar-refractivity contribution in [3.8, 4) is 0 Å². The highest BCUT2D eigenvalue weighted by Gasteiger charge is 2.35. The molecule has 1 N–H and O–H groups in total. The van der Waals surface area contributed by atoms with Crippen LogP contribution in [0.15, 0.2) is 35.8 Å². The van der Waals surface area contributed by atoms with Crippen molar-refractivity contribution in [2.24, 2.45) is 0 Å². The average Bonchev–Trinajstić information content (AvgIpc) is 2.88. The second-order valence-electron chi connectivity index (χ2n) is 5.21. The van der Waals surface area contributed by atoms with Crippen molar-refractivity contribution < 1.29 is 5.11 Å². The van der Waals surface area contributed by atoms with Gasteiger partial charge in [0.1, 0.15) is 5.60 Å². The maximum Gasteiger partial charge on any atom is 0.109 e. The zero-order valence-corrected chi connectivity index (χ0v) is 12.7. The molecular weight excluding hydrogens is 292 g/mol. The molecule has 0 amide bonds. The van der Waals surface area contributed by atoms with Crippen LogP contribution in [0.25, 0.3) is 0 Å². The summed E-state index contributed by atoms with van der Waals surface area (Å²) in [5.41, 5.74) is 0.00518. The molecule has 3 rings (SSSR count). The summed E-state index contributed by atoms with van der Waals surface area (Å²) >= 11 is 7.83. The fraction of sp³-hybridized carbons (Fsp3) is 0.400. The lowest BCUT2D eigenvalue weighted by atomic mass is 9.88. The molecule has 1 saturated heterocycles. The zero-order valence-electron chi connectivity index (χ0n) is 11.1. The molecular formula is C15H17ClN2OS. The molecule has 3 heterocycles. The summed E-state index contributed by atoms with van der Waals surface area (Å²) in [6.07, 6.45) is 3.17. The molecule has 2 aromatic heterocycles. The summed E-state index contributed by atoms with van der Waals surface area (Å²) < 4.78 is 0. The molecule has 0 aromatic carbocycles. The fourth-order valence-corrected chi connectivity index (χ4v) is 3.75. The average molecular weight is 309 g/mol. The van der Waals surface area contributed by atoms with Crippen molar-refractivity contribution in [1.29, 1.82) is 0 Å². The van der Waals surface area contributed by atoms with Crippen LogP contribution in [0.5, 0.6) is 0 Å². The quantitative estimate of drug-likeness (QED) is 0.945. The van der Waals surface area contributed by atoms with Crippen LogP contribution < -0.4 is 0 Å². The molecule has 0 spiro atoms. The van der Waals surface area contributed by atoms with Crippen molar-refractivity contribution >= 4 is 22.9 Å². The minimum Gasteiger partial charge on any atom is -0.383 e. The van der Waals surface area contributed by atoms with Crippen LogP contribution in [-0.4, -0.2) is 28.1 Å². The Balaban J connectivity index is 1.64. The predicted molar refractivity (Wildman–Crippen MR) is 82.0 cm³/mol. The number of hydrogen-bond acceptors (Lipinski definition) is 4. The largest absolute Gasteiger partial charge is 0.383 e. The molecule has 20 heavy (non-hydrogen) atoms. The van der Waals surface area contributed by atoms with E-state index in [1.807, 2.05) is 29.6 Å². The monoisotopic (exact) mass is 308 g/mol. The van der Waals surface area contributed by atoms with E-state index in [1.54, 1.807) is 17.5 Å². The van der Waals surface area contributed by atoms with E-state index in [0.29, 0.717) is 12.8 Å². The first kappa shape index (κ1) is 14.0. The molecule has 1 aliphatic heterocycles. The molecule has 0 bridgehead atoms. The number of rotatable bonds is 3. The van der Waals surface area contributed by atoms with E-state index in [9.17, 15) is 5.11 Å². The van der Waals surface area contributed by atoms with Crippen LogP contribution in [-0.2, 0) is 12.1 Å². The van der Waals surface area contributed by atoms with Gasteiger partial charge in [-0.05, 0) is 36.4 Å². The lowest BCUT2D eigenvalue weighted by molar-refractivity contribution is -0.0308. The number of piperidine rings is 1. The number of likely N-dealkylation sites (tertiary alicyclic amines) is 1. The number of thiophene rings is 1. The Morgan fingerprint density at radius 3 is 2.70 bits per heavy atom. The summed E-state index contributed by atoms with van der Waals surface area (Å²) in [6, 6.07) is 7.65. The minimum absolute atomic E-state index is 0.715. The standard InChI is InChI=1S/C15H17ClN2OS/c16-12-4-10-20-13(12)11-18-8-5-15(19,6-9-18)14-3-1-2-7-17-14/h1-4,7,10,19H,5-6,8-9,11H2. The van der Waals surface area contributed by atoms with Gasteiger partial charge in [0, 0.05) is 30.7 Å². The van der Waals surface area contributed by atoms with Gasteiger partial charge in [-0.15, -0.1) is 11.3 Å². The Morgan fingerprint density at radius 2 is 2.10 bits per heavy atom. The first-order valence-electron chi connectivity index (χ1n) is 6.75. The first-order chi connectivity index (χ1) is 9.67. The Morgan fingerprint density at radius 1 is 1.30 bits per heavy atom. The van der Waals surface area contributed by atoms with E-state index in [4.69, 9.17) is 11.6 Å².